The maximum absolute atomic E-state index is 13.8. The molecule has 1 heterocycles. The Morgan fingerprint density at radius 3 is 2.65 bits per heavy atom. The largest absolute Gasteiger partial charge is 0.478 e. The number of halogens is 1. The molecule has 1 N–H and O–H groups in total. The fourth-order valence-electron chi connectivity index (χ4n) is 2.05. The van der Waals surface area contributed by atoms with E-state index in [1.807, 2.05) is 0 Å². The van der Waals surface area contributed by atoms with Crippen molar-refractivity contribution in [3.8, 4) is 0 Å². The Kier molecular flexibility index (Phi) is 4.76. The Balaban J connectivity index is 2.41. The molecule has 0 aliphatic heterocycles. The van der Waals surface area contributed by atoms with Crippen molar-refractivity contribution in [2.45, 2.75) is 18.4 Å². The highest BCUT2D eigenvalue weighted by Gasteiger charge is 2.25. The molecule has 0 aliphatic carbocycles. The first kappa shape index (κ1) is 17.0. The minimum Gasteiger partial charge on any atom is -0.478 e. The van der Waals surface area contributed by atoms with Gasteiger partial charge in [0.05, 0.1) is 10.5 Å². The lowest BCUT2D eigenvalue weighted by Gasteiger charge is -2.18. The summed E-state index contributed by atoms with van der Waals surface area (Å²) in [6.45, 7) is 1.39. The van der Waals surface area contributed by atoms with Gasteiger partial charge in [-0.05, 0) is 36.2 Å². The monoisotopic (exact) mass is 338 g/mol. The average Bonchev–Trinajstić information content (AvgIpc) is 2.50. The third kappa shape index (κ3) is 3.54. The molecule has 1 aromatic heterocycles. The second-order valence-electron chi connectivity index (χ2n) is 5.03. The topological polar surface area (TPSA) is 87.6 Å². The first-order chi connectivity index (χ1) is 10.7. The van der Waals surface area contributed by atoms with Crippen molar-refractivity contribution >= 4 is 16.0 Å². The van der Waals surface area contributed by atoms with E-state index in [1.54, 1.807) is 18.3 Å². The predicted octanol–water partition coefficient (Wildman–Crippen LogP) is 2.05. The zero-order chi connectivity index (χ0) is 17.2. The molecule has 122 valence electrons. The zero-order valence-corrected chi connectivity index (χ0v) is 13.3. The zero-order valence-electron chi connectivity index (χ0n) is 12.5. The highest BCUT2D eigenvalue weighted by Crippen LogP contribution is 2.22. The molecule has 8 heteroatoms. The van der Waals surface area contributed by atoms with E-state index in [-0.39, 0.29) is 17.0 Å². The van der Waals surface area contributed by atoms with Gasteiger partial charge in [0.25, 0.3) is 0 Å². The molecule has 0 amide bonds. The van der Waals surface area contributed by atoms with Crippen molar-refractivity contribution in [2.75, 3.05) is 7.05 Å². The van der Waals surface area contributed by atoms with E-state index in [1.165, 1.54) is 20.2 Å². The quantitative estimate of drug-likeness (QED) is 0.901. The molecule has 0 fully saturated rings. The number of aromatic carboxylic acids is 1. The van der Waals surface area contributed by atoms with Gasteiger partial charge in [0, 0.05) is 26.0 Å². The van der Waals surface area contributed by atoms with Crippen LogP contribution in [0.25, 0.3) is 0 Å². The second-order valence-corrected chi connectivity index (χ2v) is 7.07. The Morgan fingerprint density at radius 2 is 2.09 bits per heavy atom. The SMILES string of the molecule is Cc1cc(S(=O)(=O)N(C)Cc2cccnc2)cc(C(=O)O)c1F. The van der Waals surface area contributed by atoms with E-state index in [0.29, 0.717) is 5.56 Å². The van der Waals surface area contributed by atoms with E-state index in [9.17, 15) is 17.6 Å². The number of carboxylic acid groups (broad SMARTS) is 1. The van der Waals surface area contributed by atoms with Crippen LogP contribution in [0.15, 0.2) is 41.6 Å². The maximum Gasteiger partial charge on any atom is 0.338 e. The van der Waals surface area contributed by atoms with E-state index in [0.717, 1.165) is 16.4 Å². The molecule has 0 spiro atoms. The summed E-state index contributed by atoms with van der Waals surface area (Å²) in [6, 6.07) is 5.36. The van der Waals surface area contributed by atoms with E-state index in [2.05, 4.69) is 4.98 Å². The van der Waals surface area contributed by atoms with Gasteiger partial charge in [-0.2, -0.15) is 4.31 Å². The summed E-state index contributed by atoms with van der Waals surface area (Å²) in [6.07, 6.45) is 3.10. The second kappa shape index (κ2) is 6.43. The number of carboxylic acids is 1. The first-order valence-electron chi connectivity index (χ1n) is 6.62. The lowest BCUT2D eigenvalue weighted by atomic mass is 10.1. The van der Waals surface area contributed by atoms with Gasteiger partial charge in [-0.3, -0.25) is 4.98 Å². The van der Waals surface area contributed by atoms with Gasteiger partial charge >= 0.3 is 5.97 Å². The number of benzene rings is 1. The van der Waals surface area contributed by atoms with Crippen molar-refractivity contribution in [1.29, 1.82) is 0 Å². The van der Waals surface area contributed by atoms with Gasteiger partial charge in [0.2, 0.25) is 10.0 Å². The summed E-state index contributed by atoms with van der Waals surface area (Å²) in [5.74, 6) is -2.45. The van der Waals surface area contributed by atoms with Gasteiger partial charge in [-0.25, -0.2) is 17.6 Å². The van der Waals surface area contributed by atoms with Gasteiger partial charge in [-0.1, -0.05) is 6.07 Å². The van der Waals surface area contributed by atoms with Crippen molar-refractivity contribution in [3.05, 3.63) is 59.2 Å². The molecule has 0 saturated heterocycles. The number of rotatable bonds is 5. The molecule has 2 aromatic rings. The minimum atomic E-state index is -3.96. The minimum absolute atomic E-state index is 0.0433. The van der Waals surface area contributed by atoms with E-state index < -0.39 is 27.4 Å². The summed E-state index contributed by atoms with van der Waals surface area (Å²) >= 11 is 0. The van der Waals surface area contributed by atoms with Crippen molar-refractivity contribution in [3.63, 3.8) is 0 Å². The van der Waals surface area contributed by atoms with Crippen LogP contribution in [0.2, 0.25) is 0 Å². The van der Waals surface area contributed by atoms with Crippen molar-refractivity contribution < 1.29 is 22.7 Å². The van der Waals surface area contributed by atoms with E-state index in [4.69, 9.17) is 5.11 Å². The Morgan fingerprint density at radius 1 is 1.39 bits per heavy atom. The van der Waals surface area contributed by atoms with Crippen LogP contribution in [-0.4, -0.2) is 35.8 Å². The van der Waals surface area contributed by atoms with Gasteiger partial charge in [0.15, 0.2) is 0 Å². The normalized spacial score (nSPS) is 11.7. The number of hydrogen-bond acceptors (Lipinski definition) is 4. The third-order valence-corrected chi connectivity index (χ3v) is 5.08. The smallest absolute Gasteiger partial charge is 0.338 e. The molecule has 2 rings (SSSR count). The molecular formula is C15H15FN2O4S. The van der Waals surface area contributed by atoms with Crippen LogP contribution < -0.4 is 0 Å². The average molecular weight is 338 g/mol. The van der Waals surface area contributed by atoms with Crippen LogP contribution in [0.1, 0.15) is 21.5 Å². The standard InChI is InChI=1S/C15H15FN2O4S/c1-10-6-12(7-13(14(10)16)15(19)20)23(21,22)18(2)9-11-4-3-5-17-8-11/h3-8H,9H2,1-2H3,(H,19,20). The number of hydrogen-bond donors (Lipinski definition) is 1. The van der Waals surface area contributed by atoms with Crippen LogP contribution in [0, 0.1) is 12.7 Å². The molecule has 6 nitrogen and oxygen atoms in total. The Hall–Kier alpha value is -2.32. The molecule has 1 aromatic carbocycles. The summed E-state index contributed by atoms with van der Waals surface area (Å²) in [5.41, 5.74) is -0.0347. The number of nitrogens with zero attached hydrogens (tertiary/aromatic N) is 2. The molecule has 0 bridgehead atoms. The van der Waals surface area contributed by atoms with Crippen LogP contribution in [0.4, 0.5) is 4.39 Å². The first-order valence-corrected chi connectivity index (χ1v) is 8.06. The van der Waals surface area contributed by atoms with Gasteiger partial charge in [-0.15, -0.1) is 0 Å². The molecular weight excluding hydrogens is 323 g/mol. The number of sulfonamides is 1. The predicted molar refractivity (Wildman–Crippen MR) is 81.0 cm³/mol. The highest BCUT2D eigenvalue weighted by molar-refractivity contribution is 7.89. The number of pyridine rings is 1. The summed E-state index contributed by atoms with van der Waals surface area (Å²) in [7, 11) is -2.59. The summed E-state index contributed by atoms with van der Waals surface area (Å²) < 4.78 is 40.0. The molecule has 23 heavy (non-hydrogen) atoms. The number of aromatic nitrogens is 1. The van der Waals surface area contributed by atoms with Crippen LogP contribution in [-0.2, 0) is 16.6 Å². The van der Waals surface area contributed by atoms with Gasteiger partial charge < -0.3 is 5.11 Å². The molecule has 0 aliphatic rings. The lowest BCUT2D eigenvalue weighted by molar-refractivity contribution is 0.0691. The lowest BCUT2D eigenvalue weighted by Crippen LogP contribution is -2.27. The summed E-state index contributed by atoms with van der Waals surface area (Å²) in [5, 5.41) is 9.00. The Bertz CT molecular complexity index is 838. The molecule has 0 saturated carbocycles. The number of carbonyl (C=O) groups is 1. The van der Waals surface area contributed by atoms with Crippen molar-refractivity contribution in [1.82, 2.24) is 9.29 Å². The van der Waals surface area contributed by atoms with Crippen molar-refractivity contribution in [2.24, 2.45) is 0 Å². The summed E-state index contributed by atoms with van der Waals surface area (Å²) in [4.78, 5) is 14.7. The van der Waals surface area contributed by atoms with Gasteiger partial charge in [0.1, 0.15) is 5.82 Å². The number of aryl methyl sites for hydroxylation is 1. The molecule has 0 atom stereocenters. The Labute approximate surface area is 133 Å². The van der Waals surface area contributed by atoms with Crippen LogP contribution in [0.3, 0.4) is 0 Å². The van der Waals surface area contributed by atoms with Crippen LogP contribution in [0.5, 0.6) is 0 Å². The third-order valence-electron chi connectivity index (χ3n) is 3.29. The fourth-order valence-corrected chi connectivity index (χ4v) is 3.33. The van der Waals surface area contributed by atoms with Crippen LogP contribution >= 0.6 is 0 Å². The van der Waals surface area contributed by atoms with E-state index >= 15 is 0 Å². The maximum atomic E-state index is 13.8. The molecule has 0 unspecified atom stereocenters. The highest BCUT2D eigenvalue weighted by atomic mass is 32.2. The fraction of sp³-hybridized carbons (Fsp3) is 0.200. The molecule has 0 radical (unpaired) electrons.